The van der Waals surface area contributed by atoms with Gasteiger partial charge in [-0.05, 0) is 37.1 Å². The average Bonchev–Trinajstić information content (AvgIpc) is 3.07. The van der Waals surface area contributed by atoms with E-state index in [1.807, 2.05) is 32.0 Å². The number of benzene rings is 1. The Bertz CT molecular complexity index is 781. The first-order valence-corrected chi connectivity index (χ1v) is 6.52. The number of hydrogen-bond acceptors (Lipinski definition) is 3. The number of aryl methyl sites for hydroxylation is 2. The number of nitrogens with zero attached hydrogens (tertiary/aromatic N) is 2. The summed E-state index contributed by atoms with van der Waals surface area (Å²) in [6.07, 6.45) is 1.54. The van der Waals surface area contributed by atoms with Gasteiger partial charge in [-0.1, -0.05) is 18.2 Å². The number of para-hydroxylation sites is 1. The summed E-state index contributed by atoms with van der Waals surface area (Å²) < 4.78 is 6.76. The molecule has 5 heteroatoms. The molecule has 2 aromatic heterocycles. The SMILES string of the molecule is Cc1cccc(C)c1-n1nc(-c2ccco2)cc1C(=O)O. The average molecular weight is 282 g/mol. The van der Waals surface area contributed by atoms with Crippen LogP contribution >= 0.6 is 0 Å². The number of carbonyl (C=O) groups is 1. The van der Waals surface area contributed by atoms with Crippen molar-refractivity contribution in [3.8, 4) is 17.1 Å². The van der Waals surface area contributed by atoms with Crippen LogP contribution in [0.25, 0.3) is 17.1 Å². The van der Waals surface area contributed by atoms with Crippen LogP contribution in [-0.2, 0) is 0 Å². The third kappa shape index (κ3) is 2.23. The first-order chi connectivity index (χ1) is 10.1. The largest absolute Gasteiger partial charge is 0.477 e. The van der Waals surface area contributed by atoms with Crippen LogP contribution in [0.2, 0.25) is 0 Å². The standard InChI is InChI=1S/C16H14N2O3/c1-10-5-3-6-11(2)15(10)18-13(16(19)20)9-12(17-18)14-7-4-8-21-14/h3-9H,1-2H3,(H,19,20). The zero-order chi connectivity index (χ0) is 15.0. The summed E-state index contributed by atoms with van der Waals surface area (Å²) in [6.45, 7) is 3.87. The van der Waals surface area contributed by atoms with Crippen LogP contribution < -0.4 is 0 Å². The number of rotatable bonds is 3. The smallest absolute Gasteiger partial charge is 0.354 e. The van der Waals surface area contributed by atoms with E-state index in [4.69, 9.17) is 4.42 Å². The highest BCUT2D eigenvalue weighted by atomic mass is 16.4. The Labute approximate surface area is 121 Å². The van der Waals surface area contributed by atoms with E-state index in [2.05, 4.69) is 5.10 Å². The van der Waals surface area contributed by atoms with Gasteiger partial charge in [0, 0.05) is 6.07 Å². The van der Waals surface area contributed by atoms with Crippen LogP contribution in [-0.4, -0.2) is 20.9 Å². The predicted octanol–water partition coefficient (Wildman–Crippen LogP) is 3.45. The number of furan rings is 1. The lowest BCUT2D eigenvalue weighted by molar-refractivity contribution is 0.0687. The number of hydrogen-bond donors (Lipinski definition) is 1. The van der Waals surface area contributed by atoms with Gasteiger partial charge in [-0.25, -0.2) is 9.48 Å². The van der Waals surface area contributed by atoms with Gasteiger partial charge in [0.1, 0.15) is 5.69 Å². The summed E-state index contributed by atoms with van der Waals surface area (Å²) in [7, 11) is 0. The molecule has 0 saturated heterocycles. The zero-order valence-corrected chi connectivity index (χ0v) is 11.7. The molecule has 0 amide bonds. The molecule has 5 nitrogen and oxygen atoms in total. The first-order valence-electron chi connectivity index (χ1n) is 6.52. The van der Waals surface area contributed by atoms with Crippen molar-refractivity contribution >= 4 is 5.97 Å². The predicted molar refractivity (Wildman–Crippen MR) is 77.7 cm³/mol. The minimum absolute atomic E-state index is 0.110. The topological polar surface area (TPSA) is 68.3 Å². The van der Waals surface area contributed by atoms with E-state index >= 15 is 0 Å². The molecule has 0 saturated carbocycles. The highest BCUT2D eigenvalue weighted by Gasteiger charge is 2.19. The van der Waals surface area contributed by atoms with Gasteiger partial charge in [0.2, 0.25) is 0 Å². The van der Waals surface area contributed by atoms with Gasteiger partial charge in [-0.2, -0.15) is 5.10 Å². The normalized spacial score (nSPS) is 10.8. The van der Waals surface area contributed by atoms with Crippen molar-refractivity contribution in [1.29, 1.82) is 0 Å². The minimum Gasteiger partial charge on any atom is -0.477 e. The Kier molecular flexibility index (Phi) is 3.10. The van der Waals surface area contributed by atoms with Gasteiger partial charge in [0.15, 0.2) is 11.5 Å². The summed E-state index contributed by atoms with van der Waals surface area (Å²) >= 11 is 0. The van der Waals surface area contributed by atoms with Crippen molar-refractivity contribution < 1.29 is 14.3 Å². The molecule has 0 radical (unpaired) electrons. The maximum Gasteiger partial charge on any atom is 0.354 e. The fourth-order valence-corrected chi connectivity index (χ4v) is 2.39. The number of carboxylic acid groups (broad SMARTS) is 1. The third-order valence-corrected chi connectivity index (χ3v) is 3.35. The lowest BCUT2D eigenvalue weighted by Gasteiger charge is -2.11. The molecule has 21 heavy (non-hydrogen) atoms. The quantitative estimate of drug-likeness (QED) is 0.799. The molecule has 3 rings (SSSR count). The molecule has 1 N–H and O–H groups in total. The molecule has 106 valence electrons. The molecule has 2 heterocycles. The van der Waals surface area contributed by atoms with E-state index < -0.39 is 5.97 Å². The number of carboxylic acids is 1. The molecule has 0 aliphatic rings. The Hall–Kier alpha value is -2.82. The van der Waals surface area contributed by atoms with Crippen LogP contribution in [0, 0.1) is 13.8 Å². The van der Waals surface area contributed by atoms with E-state index in [0.717, 1.165) is 16.8 Å². The summed E-state index contributed by atoms with van der Waals surface area (Å²) in [5.41, 5.74) is 3.32. The Morgan fingerprint density at radius 1 is 1.19 bits per heavy atom. The molecule has 0 spiro atoms. The Morgan fingerprint density at radius 3 is 2.48 bits per heavy atom. The van der Waals surface area contributed by atoms with Crippen LogP contribution in [0.5, 0.6) is 0 Å². The van der Waals surface area contributed by atoms with Crippen molar-refractivity contribution in [3.63, 3.8) is 0 Å². The van der Waals surface area contributed by atoms with Gasteiger partial charge in [-0.15, -0.1) is 0 Å². The fraction of sp³-hybridized carbons (Fsp3) is 0.125. The molecule has 0 aliphatic carbocycles. The second kappa shape index (κ2) is 4.94. The molecule has 0 unspecified atom stereocenters. The Morgan fingerprint density at radius 2 is 1.90 bits per heavy atom. The van der Waals surface area contributed by atoms with Gasteiger partial charge < -0.3 is 9.52 Å². The van der Waals surface area contributed by atoms with Crippen molar-refractivity contribution in [2.75, 3.05) is 0 Å². The number of aromatic nitrogens is 2. The molecular formula is C16H14N2O3. The lowest BCUT2D eigenvalue weighted by Crippen LogP contribution is -2.10. The maximum absolute atomic E-state index is 11.5. The van der Waals surface area contributed by atoms with Crippen LogP contribution in [0.3, 0.4) is 0 Å². The van der Waals surface area contributed by atoms with Gasteiger partial charge in [0.25, 0.3) is 0 Å². The van der Waals surface area contributed by atoms with E-state index in [1.165, 1.54) is 17.0 Å². The zero-order valence-electron chi connectivity index (χ0n) is 11.7. The van der Waals surface area contributed by atoms with Gasteiger partial charge >= 0.3 is 5.97 Å². The van der Waals surface area contributed by atoms with Crippen LogP contribution in [0.1, 0.15) is 21.6 Å². The lowest BCUT2D eigenvalue weighted by atomic mass is 10.1. The fourth-order valence-electron chi connectivity index (χ4n) is 2.39. The summed E-state index contributed by atoms with van der Waals surface area (Å²) in [5, 5.41) is 13.8. The molecule has 3 aromatic rings. The van der Waals surface area contributed by atoms with Crippen molar-refractivity contribution in [2.45, 2.75) is 13.8 Å². The highest BCUT2D eigenvalue weighted by Crippen LogP contribution is 2.25. The second-order valence-corrected chi connectivity index (χ2v) is 4.85. The molecule has 0 aliphatic heterocycles. The van der Waals surface area contributed by atoms with E-state index in [1.54, 1.807) is 12.1 Å². The minimum atomic E-state index is -1.03. The molecular weight excluding hydrogens is 268 g/mol. The van der Waals surface area contributed by atoms with Gasteiger partial charge in [-0.3, -0.25) is 0 Å². The van der Waals surface area contributed by atoms with E-state index in [9.17, 15) is 9.90 Å². The molecule has 0 fully saturated rings. The molecule has 0 bridgehead atoms. The molecule has 0 atom stereocenters. The van der Waals surface area contributed by atoms with E-state index in [-0.39, 0.29) is 5.69 Å². The summed E-state index contributed by atoms with van der Waals surface area (Å²) in [6, 6.07) is 10.8. The first kappa shape index (κ1) is 13.2. The highest BCUT2D eigenvalue weighted by molar-refractivity contribution is 5.88. The van der Waals surface area contributed by atoms with Crippen molar-refractivity contribution in [1.82, 2.24) is 9.78 Å². The van der Waals surface area contributed by atoms with Gasteiger partial charge in [0.05, 0.1) is 12.0 Å². The summed E-state index contributed by atoms with van der Waals surface area (Å²) in [4.78, 5) is 11.5. The monoisotopic (exact) mass is 282 g/mol. The third-order valence-electron chi connectivity index (χ3n) is 3.35. The van der Waals surface area contributed by atoms with Crippen LogP contribution in [0.15, 0.2) is 47.1 Å². The van der Waals surface area contributed by atoms with E-state index in [0.29, 0.717) is 11.5 Å². The molecule has 1 aromatic carbocycles. The maximum atomic E-state index is 11.5. The number of aromatic carboxylic acids is 1. The summed E-state index contributed by atoms with van der Waals surface area (Å²) in [5.74, 6) is -0.481. The van der Waals surface area contributed by atoms with Crippen LogP contribution in [0.4, 0.5) is 0 Å². The second-order valence-electron chi connectivity index (χ2n) is 4.85. The van der Waals surface area contributed by atoms with Crippen molar-refractivity contribution in [3.05, 3.63) is 59.5 Å². The Balaban J connectivity index is 2.25. The van der Waals surface area contributed by atoms with Crippen molar-refractivity contribution in [2.24, 2.45) is 0 Å².